The second-order valence-electron chi connectivity index (χ2n) is 6.35. The van der Waals surface area contributed by atoms with Crippen LogP contribution in [-0.4, -0.2) is 36.6 Å². The molecular formula is C16H32N2. The van der Waals surface area contributed by atoms with Crippen LogP contribution in [0, 0.1) is 0 Å². The summed E-state index contributed by atoms with van der Waals surface area (Å²) >= 11 is 0. The zero-order valence-electron chi connectivity index (χ0n) is 12.5. The molecule has 2 atom stereocenters. The topological polar surface area (TPSA) is 15.3 Å². The monoisotopic (exact) mass is 252 g/mol. The molecule has 0 amide bonds. The number of fused-ring (bicyclic) bond motifs is 2. The van der Waals surface area contributed by atoms with Gasteiger partial charge in [-0.15, -0.1) is 0 Å². The SMILES string of the molecule is CCCCCCCCN1C2CCC1CC(NC)C2. The molecule has 2 aliphatic heterocycles. The predicted octanol–water partition coefficient (Wildman–Crippen LogP) is 3.56. The predicted molar refractivity (Wildman–Crippen MR) is 79.0 cm³/mol. The Hall–Kier alpha value is -0.0800. The van der Waals surface area contributed by atoms with Gasteiger partial charge in [-0.1, -0.05) is 39.0 Å². The Labute approximate surface area is 114 Å². The van der Waals surface area contributed by atoms with Gasteiger partial charge >= 0.3 is 0 Å². The maximum atomic E-state index is 3.49. The Balaban J connectivity index is 1.62. The molecule has 2 heteroatoms. The fourth-order valence-electron chi connectivity index (χ4n) is 3.95. The summed E-state index contributed by atoms with van der Waals surface area (Å²) < 4.78 is 0. The standard InChI is InChI=1S/C16H32N2/c1-3-4-5-6-7-8-11-18-15-9-10-16(18)13-14(12-15)17-2/h14-17H,3-13H2,1-2H3. The second kappa shape index (κ2) is 7.49. The maximum absolute atomic E-state index is 3.49. The van der Waals surface area contributed by atoms with Crippen molar-refractivity contribution in [1.29, 1.82) is 0 Å². The lowest BCUT2D eigenvalue weighted by molar-refractivity contribution is 0.117. The molecule has 0 radical (unpaired) electrons. The number of nitrogens with zero attached hydrogens (tertiary/aromatic N) is 1. The van der Waals surface area contributed by atoms with E-state index in [1.807, 2.05) is 0 Å². The third-order valence-corrected chi connectivity index (χ3v) is 5.06. The first-order valence-electron chi connectivity index (χ1n) is 8.28. The highest BCUT2D eigenvalue weighted by atomic mass is 15.2. The zero-order chi connectivity index (χ0) is 12.8. The van der Waals surface area contributed by atoms with Gasteiger partial charge in [-0.2, -0.15) is 0 Å². The van der Waals surface area contributed by atoms with E-state index in [0.717, 1.165) is 18.1 Å². The number of rotatable bonds is 8. The van der Waals surface area contributed by atoms with Crippen LogP contribution in [-0.2, 0) is 0 Å². The Bertz CT molecular complexity index is 215. The second-order valence-corrected chi connectivity index (χ2v) is 6.35. The van der Waals surface area contributed by atoms with Crippen LogP contribution in [0.3, 0.4) is 0 Å². The van der Waals surface area contributed by atoms with Crippen LogP contribution in [0.5, 0.6) is 0 Å². The molecule has 2 rings (SSSR count). The highest BCUT2D eigenvalue weighted by molar-refractivity contribution is 4.96. The minimum atomic E-state index is 0.795. The molecule has 0 aromatic heterocycles. The number of nitrogens with one attached hydrogen (secondary N) is 1. The summed E-state index contributed by atoms with van der Waals surface area (Å²) in [7, 11) is 2.13. The first-order valence-corrected chi connectivity index (χ1v) is 8.28. The van der Waals surface area contributed by atoms with Crippen molar-refractivity contribution in [2.75, 3.05) is 13.6 Å². The quantitative estimate of drug-likeness (QED) is 0.665. The van der Waals surface area contributed by atoms with Gasteiger partial charge in [-0.3, -0.25) is 4.90 Å². The van der Waals surface area contributed by atoms with E-state index in [1.165, 1.54) is 70.8 Å². The van der Waals surface area contributed by atoms with Crippen molar-refractivity contribution in [2.24, 2.45) is 0 Å². The minimum Gasteiger partial charge on any atom is -0.317 e. The molecule has 2 heterocycles. The van der Waals surface area contributed by atoms with E-state index in [9.17, 15) is 0 Å². The third kappa shape index (κ3) is 3.71. The number of hydrogen-bond donors (Lipinski definition) is 1. The molecule has 106 valence electrons. The Morgan fingerprint density at radius 1 is 0.944 bits per heavy atom. The van der Waals surface area contributed by atoms with Crippen LogP contribution in [0.25, 0.3) is 0 Å². The van der Waals surface area contributed by atoms with Crippen molar-refractivity contribution in [3.8, 4) is 0 Å². The summed E-state index contributed by atoms with van der Waals surface area (Å²) in [5.74, 6) is 0. The fraction of sp³-hybridized carbons (Fsp3) is 1.00. The van der Waals surface area contributed by atoms with Gasteiger partial charge in [0.25, 0.3) is 0 Å². The molecule has 2 unspecified atom stereocenters. The van der Waals surface area contributed by atoms with Crippen molar-refractivity contribution in [2.45, 2.75) is 89.3 Å². The lowest BCUT2D eigenvalue weighted by Gasteiger charge is -2.39. The van der Waals surface area contributed by atoms with Gasteiger partial charge in [0.05, 0.1) is 0 Å². The summed E-state index contributed by atoms with van der Waals surface area (Å²) in [6.45, 7) is 3.67. The minimum absolute atomic E-state index is 0.795. The van der Waals surface area contributed by atoms with E-state index < -0.39 is 0 Å². The van der Waals surface area contributed by atoms with Crippen LogP contribution in [0.4, 0.5) is 0 Å². The molecular weight excluding hydrogens is 220 g/mol. The number of piperidine rings is 1. The first kappa shape index (κ1) is 14.3. The van der Waals surface area contributed by atoms with E-state index in [-0.39, 0.29) is 0 Å². The molecule has 2 fully saturated rings. The Kier molecular flexibility index (Phi) is 5.97. The van der Waals surface area contributed by atoms with E-state index >= 15 is 0 Å². The molecule has 1 N–H and O–H groups in total. The molecule has 0 aromatic rings. The van der Waals surface area contributed by atoms with E-state index in [1.54, 1.807) is 0 Å². The average Bonchev–Trinajstić information content (AvgIpc) is 2.63. The molecule has 2 bridgehead atoms. The van der Waals surface area contributed by atoms with Crippen molar-refractivity contribution in [3.63, 3.8) is 0 Å². The van der Waals surface area contributed by atoms with Crippen molar-refractivity contribution in [1.82, 2.24) is 10.2 Å². The lowest BCUT2D eigenvalue weighted by Crippen LogP contribution is -2.48. The molecule has 0 aromatic carbocycles. The Morgan fingerprint density at radius 2 is 1.56 bits per heavy atom. The third-order valence-electron chi connectivity index (χ3n) is 5.06. The summed E-state index contributed by atoms with van der Waals surface area (Å²) in [4.78, 5) is 2.84. The van der Waals surface area contributed by atoms with Gasteiger partial charge in [0.1, 0.15) is 0 Å². The van der Waals surface area contributed by atoms with E-state index in [0.29, 0.717) is 0 Å². The fourth-order valence-corrected chi connectivity index (χ4v) is 3.95. The van der Waals surface area contributed by atoms with Crippen molar-refractivity contribution in [3.05, 3.63) is 0 Å². The van der Waals surface area contributed by atoms with Crippen LogP contribution < -0.4 is 5.32 Å². The Morgan fingerprint density at radius 3 is 2.17 bits per heavy atom. The van der Waals surface area contributed by atoms with Crippen LogP contribution >= 0.6 is 0 Å². The summed E-state index contributed by atoms with van der Waals surface area (Å²) in [5.41, 5.74) is 0. The summed E-state index contributed by atoms with van der Waals surface area (Å²) in [5, 5.41) is 3.49. The normalized spacial score (nSPS) is 32.0. The smallest absolute Gasteiger partial charge is 0.0114 e. The van der Waals surface area contributed by atoms with Crippen molar-refractivity contribution < 1.29 is 0 Å². The number of unbranched alkanes of at least 4 members (excludes halogenated alkanes) is 5. The molecule has 0 spiro atoms. The molecule has 0 saturated carbocycles. The molecule has 2 nitrogen and oxygen atoms in total. The van der Waals surface area contributed by atoms with Crippen LogP contribution in [0.15, 0.2) is 0 Å². The summed E-state index contributed by atoms with van der Waals surface area (Å²) in [6.07, 6.45) is 14.3. The van der Waals surface area contributed by atoms with Gasteiger partial charge < -0.3 is 5.32 Å². The maximum Gasteiger partial charge on any atom is 0.0114 e. The number of hydrogen-bond acceptors (Lipinski definition) is 2. The molecule has 0 aliphatic carbocycles. The van der Waals surface area contributed by atoms with Crippen LogP contribution in [0.2, 0.25) is 0 Å². The average molecular weight is 252 g/mol. The first-order chi connectivity index (χ1) is 8.85. The molecule has 2 aliphatic rings. The van der Waals surface area contributed by atoms with Crippen LogP contribution in [0.1, 0.15) is 71.1 Å². The van der Waals surface area contributed by atoms with Gasteiger partial charge in [-0.05, 0) is 45.7 Å². The molecule has 2 saturated heterocycles. The van der Waals surface area contributed by atoms with Gasteiger partial charge in [0.2, 0.25) is 0 Å². The largest absolute Gasteiger partial charge is 0.317 e. The van der Waals surface area contributed by atoms with Gasteiger partial charge in [0, 0.05) is 18.1 Å². The van der Waals surface area contributed by atoms with E-state index in [2.05, 4.69) is 24.2 Å². The lowest BCUT2D eigenvalue weighted by atomic mass is 9.97. The van der Waals surface area contributed by atoms with E-state index in [4.69, 9.17) is 0 Å². The zero-order valence-corrected chi connectivity index (χ0v) is 12.5. The molecule has 18 heavy (non-hydrogen) atoms. The van der Waals surface area contributed by atoms with Crippen molar-refractivity contribution >= 4 is 0 Å². The van der Waals surface area contributed by atoms with Gasteiger partial charge in [0.15, 0.2) is 0 Å². The summed E-state index contributed by atoms with van der Waals surface area (Å²) in [6, 6.07) is 2.59. The highest BCUT2D eigenvalue weighted by Gasteiger charge is 2.39. The highest BCUT2D eigenvalue weighted by Crippen LogP contribution is 2.35. The van der Waals surface area contributed by atoms with Gasteiger partial charge in [-0.25, -0.2) is 0 Å².